The van der Waals surface area contributed by atoms with E-state index in [4.69, 9.17) is 0 Å². The van der Waals surface area contributed by atoms with E-state index in [2.05, 4.69) is 23.2 Å². The Balaban J connectivity index is 4.53. The Morgan fingerprint density at radius 2 is 1.45 bits per heavy atom. The van der Waals surface area contributed by atoms with Crippen molar-refractivity contribution < 1.29 is 22.0 Å². The molecule has 0 aromatic rings. The summed E-state index contributed by atoms with van der Waals surface area (Å²) in [4.78, 5) is -2.62. The molecule has 0 radical (unpaired) electrons. The SMILES string of the molecule is FCC(F)(F)C(F)(F)C(Cl)Cl. The largest absolute Gasteiger partial charge is 0.342 e. The first-order valence-electron chi connectivity index (χ1n) is 2.35. The monoisotopic (exact) mass is 216 g/mol. The molecule has 0 aliphatic carbocycles. The fourth-order valence-electron chi connectivity index (χ4n) is 0.249. The zero-order valence-electron chi connectivity index (χ0n) is 4.93. The number of hydrogen-bond acceptors (Lipinski definition) is 0. The van der Waals surface area contributed by atoms with Gasteiger partial charge in [-0.05, 0) is 0 Å². The Labute approximate surface area is 69.3 Å². The van der Waals surface area contributed by atoms with Gasteiger partial charge in [0.2, 0.25) is 0 Å². The molecule has 0 unspecified atom stereocenters. The van der Waals surface area contributed by atoms with Crippen LogP contribution in [0.4, 0.5) is 22.0 Å². The molecule has 0 spiro atoms. The van der Waals surface area contributed by atoms with Crippen LogP contribution in [0.5, 0.6) is 0 Å². The average Bonchev–Trinajstić information content (AvgIpc) is 1.87. The van der Waals surface area contributed by atoms with Crippen LogP contribution in [0.1, 0.15) is 0 Å². The van der Waals surface area contributed by atoms with E-state index in [-0.39, 0.29) is 0 Å². The molecule has 0 aromatic heterocycles. The lowest BCUT2D eigenvalue weighted by molar-refractivity contribution is -0.207. The molecule has 0 N–H and O–H groups in total. The van der Waals surface area contributed by atoms with Gasteiger partial charge >= 0.3 is 11.8 Å². The van der Waals surface area contributed by atoms with Gasteiger partial charge in [-0.2, -0.15) is 17.6 Å². The highest BCUT2D eigenvalue weighted by molar-refractivity contribution is 6.45. The summed E-state index contributed by atoms with van der Waals surface area (Å²) >= 11 is 9.00. The van der Waals surface area contributed by atoms with Gasteiger partial charge in [0.25, 0.3) is 0 Å². The quantitative estimate of drug-likeness (QED) is 0.503. The predicted molar refractivity (Wildman–Crippen MR) is 31.4 cm³/mol. The molecule has 0 aromatic carbocycles. The van der Waals surface area contributed by atoms with E-state index in [1.54, 1.807) is 0 Å². The van der Waals surface area contributed by atoms with Crippen LogP contribution in [0.3, 0.4) is 0 Å². The maximum atomic E-state index is 12.1. The van der Waals surface area contributed by atoms with Crippen LogP contribution in [-0.4, -0.2) is 23.4 Å². The maximum Gasteiger partial charge on any atom is 0.342 e. The Kier molecular flexibility index (Phi) is 3.38. The summed E-state index contributed by atoms with van der Waals surface area (Å²) < 4.78 is 59.2. The molecule has 0 bridgehead atoms. The second kappa shape index (κ2) is 3.31. The molecule has 0 amide bonds. The number of rotatable bonds is 3. The van der Waals surface area contributed by atoms with Crippen molar-refractivity contribution in [1.29, 1.82) is 0 Å². The van der Waals surface area contributed by atoms with E-state index in [0.29, 0.717) is 0 Å². The minimum absolute atomic E-state index is 2.49. The molecule has 11 heavy (non-hydrogen) atoms. The van der Waals surface area contributed by atoms with Gasteiger partial charge < -0.3 is 0 Å². The molecule has 0 saturated carbocycles. The molecule has 0 rings (SSSR count). The highest BCUT2D eigenvalue weighted by Crippen LogP contribution is 2.40. The summed E-state index contributed by atoms with van der Waals surface area (Å²) in [7, 11) is 0. The van der Waals surface area contributed by atoms with Crippen LogP contribution in [0.2, 0.25) is 0 Å². The standard InChI is InChI=1S/C4H3Cl2F5/c5-2(6)4(10,11)3(8,9)1-7/h2H,1H2. The lowest BCUT2D eigenvalue weighted by Gasteiger charge is -2.24. The fraction of sp³-hybridized carbons (Fsp3) is 1.00. The third kappa shape index (κ3) is 2.08. The van der Waals surface area contributed by atoms with Gasteiger partial charge in [-0.15, -0.1) is 0 Å². The highest BCUT2D eigenvalue weighted by atomic mass is 35.5. The molecule has 0 nitrogen and oxygen atoms in total. The molecule has 0 aliphatic heterocycles. The topological polar surface area (TPSA) is 0 Å². The van der Waals surface area contributed by atoms with E-state index in [1.165, 1.54) is 0 Å². The van der Waals surface area contributed by atoms with E-state index in [0.717, 1.165) is 0 Å². The lowest BCUT2D eigenvalue weighted by atomic mass is 10.2. The van der Waals surface area contributed by atoms with Crippen LogP contribution >= 0.6 is 23.2 Å². The van der Waals surface area contributed by atoms with Gasteiger partial charge in [0.15, 0.2) is 11.5 Å². The van der Waals surface area contributed by atoms with Crippen molar-refractivity contribution in [2.24, 2.45) is 0 Å². The molecule has 0 fully saturated rings. The first-order valence-corrected chi connectivity index (χ1v) is 3.22. The summed E-state index contributed by atoms with van der Waals surface area (Å²) in [6.07, 6.45) is 0. The van der Waals surface area contributed by atoms with Crippen molar-refractivity contribution in [1.82, 2.24) is 0 Å². The third-order valence-electron chi connectivity index (χ3n) is 0.930. The lowest BCUT2D eigenvalue weighted by Crippen LogP contribution is -2.47. The number of halogens is 7. The van der Waals surface area contributed by atoms with Crippen LogP contribution in [-0.2, 0) is 0 Å². The average molecular weight is 217 g/mol. The smallest absolute Gasteiger partial charge is 0.244 e. The highest BCUT2D eigenvalue weighted by Gasteiger charge is 2.60. The first-order chi connectivity index (χ1) is 4.75. The second-order valence-electron chi connectivity index (χ2n) is 1.76. The van der Waals surface area contributed by atoms with E-state index < -0.39 is 23.4 Å². The van der Waals surface area contributed by atoms with Crippen molar-refractivity contribution >= 4 is 23.2 Å². The number of hydrogen-bond donors (Lipinski definition) is 0. The summed E-state index contributed by atoms with van der Waals surface area (Å²) in [5.74, 6) is -9.54. The Morgan fingerprint density at radius 1 is 1.09 bits per heavy atom. The molecule has 0 atom stereocenters. The fourth-order valence-corrected chi connectivity index (χ4v) is 0.568. The Morgan fingerprint density at radius 3 is 1.55 bits per heavy atom. The van der Waals surface area contributed by atoms with Crippen molar-refractivity contribution in [3.8, 4) is 0 Å². The van der Waals surface area contributed by atoms with Crippen LogP contribution < -0.4 is 0 Å². The Bertz CT molecular complexity index is 134. The van der Waals surface area contributed by atoms with Crippen molar-refractivity contribution in [3.63, 3.8) is 0 Å². The van der Waals surface area contributed by atoms with Gasteiger partial charge in [0.1, 0.15) is 0 Å². The van der Waals surface area contributed by atoms with Crippen molar-refractivity contribution in [2.45, 2.75) is 16.7 Å². The molecule has 0 aliphatic rings. The molecule has 0 saturated heterocycles. The van der Waals surface area contributed by atoms with E-state index in [1.807, 2.05) is 0 Å². The van der Waals surface area contributed by atoms with Gasteiger partial charge in [-0.1, -0.05) is 23.2 Å². The summed E-state index contributed by atoms with van der Waals surface area (Å²) in [5.41, 5.74) is 0. The normalized spacial score (nSPS) is 14.2. The van der Waals surface area contributed by atoms with Gasteiger partial charge in [-0.3, -0.25) is 0 Å². The number of alkyl halides is 7. The molecular weight excluding hydrogens is 214 g/mol. The third-order valence-corrected chi connectivity index (χ3v) is 1.48. The molecule has 0 heterocycles. The van der Waals surface area contributed by atoms with Gasteiger partial charge in [0.05, 0.1) is 0 Å². The zero-order valence-corrected chi connectivity index (χ0v) is 6.44. The van der Waals surface area contributed by atoms with Gasteiger partial charge in [0, 0.05) is 0 Å². The molecule has 68 valence electrons. The van der Waals surface area contributed by atoms with Crippen LogP contribution in [0.25, 0.3) is 0 Å². The van der Waals surface area contributed by atoms with Crippen molar-refractivity contribution in [2.75, 3.05) is 6.67 Å². The van der Waals surface area contributed by atoms with E-state index >= 15 is 0 Å². The molecule has 7 heteroatoms. The Hall–Kier alpha value is 0.230. The van der Waals surface area contributed by atoms with Crippen LogP contribution in [0, 0.1) is 0 Å². The first kappa shape index (κ1) is 11.2. The van der Waals surface area contributed by atoms with Gasteiger partial charge in [-0.25, -0.2) is 4.39 Å². The second-order valence-corrected chi connectivity index (χ2v) is 2.86. The summed E-state index contributed by atoms with van der Waals surface area (Å²) in [6.45, 7) is -2.49. The summed E-state index contributed by atoms with van der Waals surface area (Å²) in [6, 6.07) is 0. The minimum Gasteiger partial charge on any atom is -0.244 e. The van der Waals surface area contributed by atoms with Crippen LogP contribution in [0.15, 0.2) is 0 Å². The maximum absolute atomic E-state index is 12.1. The summed E-state index contributed by atoms with van der Waals surface area (Å²) in [5, 5.41) is 0. The minimum atomic E-state index is -4.80. The predicted octanol–water partition coefficient (Wildman–Crippen LogP) is 3.03. The molecular formula is C4H3Cl2F5. The van der Waals surface area contributed by atoms with Crippen molar-refractivity contribution in [3.05, 3.63) is 0 Å². The van der Waals surface area contributed by atoms with E-state index in [9.17, 15) is 22.0 Å². The zero-order chi connectivity index (χ0) is 9.28.